The van der Waals surface area contributed by atoms with Crippen LogP contribution in [0.3, 0.4) is 0 Å². The topological polar surface area (TPSA) is 89.8 Å². The van der Waals surface area contributed by atoms with E-state index in [1.165, 1.54) is 25.3 Å². The minimum Gasteiger partial charge on any atom is -0.547 e. The Labute approximate surface area is 135 Å². The Morgan fingerprint density at radius 2 is 2.19 bits per heavy atom. The van der Waals surface area contributed by atoms with E-state index >= 15 is 0 Å². The van der Waals surface area contributed by atoms with E-state index in [4.69, 9.17) is 9.84 Å². The Morgan fingerprint density at radius 1 is 1.56 bits per heavy atom. The van der Waals surface area contributed by atoms with Crippen LogP contribution in [0.1, 0.15) is 5.56 Å². The summed E-state index contributed by atoms with van der Waals surface area (Å²) in [5, 5.41) is 28.6. The normalized spacial score (nSPS) is 11.4. The predicted molar refractivity (Wildman–Crippen MR) is 49.4 cm³/mol. The molecule has 1 aromatic carbocycles. The second-order valence-electron chi connectivity index (χ2n) is 3.05. The monoisotopic (exact) mass is 250 g/mol. The zero-order valence-corrected chi connectivity index (χ0v) is 12.3. The van der Waals surface area contributed by atoms with Crippen LogP contribution in [0.2, 0.25) is 0 Å². The number of hydrogen-bond acceptors (Lipinski definition) is 5. The van der Waals surface area contributed by atoms with Gasteiger partial charge in [-0.25, -0.2) is 0 Å². The molecule has 0 bridgehead atoms. The summed E-state index contributed by atoms with van der Waals surface area (Å²) in [5.41, 5.74) is 0.543. The van der Waals surface area contributed by atoms with E-state index in [1.54, 1.807) is 0 Å². The first-order valence-electron chi connectivity index (χ1n) is 4.29. The van der Waals surface area contributed by atoms with Gasteiger partial charge in [-0.05, 0) is 17.7 Å². The van der Waals surface area contributed by atoms with Gasteiger partial charge in [0.15, 0.2) is 11.5 Å². The maximum absolute atomic E-state index is 10.3. The molecule has 1 unspecified atom stereocenters. The van der Waals surface area contributed by atoms with E-state index in [9.17, 15) is 15.0 Å². The largest absolute Gasteiger partial charge is 1.00 e. The molecule has 1 aromatic rings. The number of carboxylic acids is 1. The van der Waals surface area contributed by atoms with E-state index in [0.717, 1.165) is 0 Å². The van der Waals surface area contributed by atoms with Crippen LogP contribution in [0.25, 0.3) is 0 Å². The van der Waals surface area contributed by atoms with Crippen molar-refractivity contribution in [1.29, 1.82) is 0 Å². The van der Waals surface area contributed by atoms with Crippen molar-refractivity contribution in [3.8, 4) is 11.5 Å². The first-order valence-corrected chi connectivity index (χ1v) is 4.29. The minimum absolute atomic E-state index is 0. The third-order valence-corrected chi connectivity index (χ3v) is 1.95. The van der Waals surface area contributed by atoms with Crippen LogP contribution in [0.4, 0.5) is 0 Å². The Balaban J connectivity index is 0.00000225. The van der Waals surface area contributed by atoms with E-state index in [2.05, 4.69) is 0 Å². The Morgan fingerprint density at radius 3 is 2.69 bits per heavy atom. The standard InChI is InChI=1S/C10H12O5.K/c1-15-9-5-6(2-3-7(9)11)4-8(12)10(13)14;/h2-3,5,8,11-12H,4H2,1H3,(H,13,14);/q;+1/p-1. The first kappa shape index (κ1) is 15.9. The number of carbonyl (C=O) groups excluding carboxylic acids is 1. The number of rotatable bonds is 4. The van der Waals surface area contributed by atoms with Crippen molar-refractivity contribution in [2.75, 3.05) is 7.11 Å². The minimum atomic E-state index is -1.56. The van der Waals surface area contributed by atoms with E-state index in [0.29, 0.717) is 5.56 Å². The number of aliphatic hydroxyl groups excluding tert-OH is 1. The first-order chi connectivity index (χ1) is 7.04. The zero-order chi connectivity index (χ0) is 11.4. The van der Waals surface area contributed by atoms with Crippen molar-refractivity contribution in [3.63, 3.8) is 0 Å². The smallest absolute Gasteiger partial charge is 0.547 e. The quantitative estimate of drug-likeness (QED) is 0.533. The van der Waals surface area contributed by atoms with Gasteiger partial charge in [0.05, 0.1) is 19.2 Å². The van der Waals surface area contributed by atoms with Crippen LogP contribution in [-0.2, 0) is 11.2 Å². The molecule has 0 radical (unpaired) electrons. The molecular weight excluding hydrogens is 239 g/mol. The van der Waals surface area contributed by atoms with E-state index in [-0.39, 0.29) is 69.3 Å². The van der Waals surface area contributed by atoms with Crippen molar-refractivity contribution in [2.24, 2.45) is 0 Å². The van der Waals surface area contributed by atoms with Gasteiger partial charge in [-0.3, -0.25) is 0 Å². The molecule has 0 spiro atoms. The fourth-order valence-electron chi connectivity index (χ4n) is 1.16. The number of carboxylic acid groups (broad SMARTS) is 1. The summed E-state index contributed by atoms with van der Waals surface area (Å²) in [6, 6.07) is 4.33. The fraction of sp³-hybridized carbons (Fsp3) is 0.300. The van der Waals surface area contributed by atoms with Crippen molar-refractivity contribution in [2.45, 2.75) is 12.5 Å². The number of carbonyl (C=O) groups is 1. The summed E-state index contributed by atoms with van der Waals surface area (Å²) in [5.74, 6) is -1.33. The third kappa shape index (κ3) is 4.40. The number of phenols is 1. The van der Waals surface area contributed by atoms with Crippen LogP contribution >= 0.6 is 0 Å². The maximum atomic E-state index is 10.3. The number of benzene rings is 1. The number of phenolic OH excluding ortho intramolecular Hbond substituents is 1. The molecule has 0 amide bonds. The van der Waals surface area contributed by atoms with Crippen molar-refractivity contribution >= 4 is 5.97 Å². The van der Waals surface area contributed by atoms with Gasteiger partial charge in [-0.2, -0.15) is 0 Å². The number of hydrogen-bond donors (Lipinski definition) is 2. The Kier molecular flexibility index (Phi) is 7.21. The summed E-state index contributed by atoms with van der Waals surface area (Å²) in [4.78, 5) is 10.3. The maximum Gasteiger partial charge on any atom is 1.00 e. The molecule has 1 rings (SSSR count). The molecule has 2 N–H and O–H groups in total. The number of aromatic hydroxyl groups is 1. The number of methoxy groups -OCH3 is 1. The number of ether oxygens (including phenoxy) is 1. The molecule has 0 fully saturated rings. The van der Waals surface area contributed by atoms with E-state index in [1.807, 2.05) is 0 Å². The molecule has 0 aliphatic heterocycles. The number of aliphatic carboxylic acids is 1. The van der Waals surface area contributed by atoms with Gasteiger partial charge in [0, 0.05) is 6.42 Å². The Hall–Kier alpha value is -0.114. The van der Waals surface area contributed by atoms with E-state index < -0.39 is 12.1 Å². The molecule has 1 atom stereocenters. The van der Waals surface area contributed by atoms with Gasteiger partial charge in [-0.1, -0.05) is 6.07 Å². The predicted octanol–water partition coefficient (Wildman–Crippen LogP) is -3.94. The van der Waals surface area contributed by atoms with Gasteiger partial charge in [0.1, 0.15) is 0 Å². The average molecular weight is 250 g/mol. The molecule has 0 aliphatic rings. The van der Waals surface area contributed by atoms with Gasteiger partial charge in [-0.15, -0.1) is 0 Å². The molecule has 0 saturated carbocycles. The summed E-state index contributed by atoms with van der Waals surface area (Å²) >= 11 is 0. The molecule has 0 aliphatic carbocycles. The fourth-order valence-corrected chi connectivity index (χ4v) is 1.16. The van der Waals surface area contributed by atoms with Gasteiger partial charge in [0.25, 0.3) is 0 Å². The number of aliphatic hydroxyl groups is 1. The van der Waals surface area contributed by atoms with Crippen molar-refractivity contribution in [1.82, 2.24) is 0 Å². The molecule has 0 aromatic heterocycles. The average Bonchev–Trinajstić information content (AvgIpc) is 2.20. The second kappa shape index (κ2) is 7.26. The second-order valence-corrected chi connectivity index (χ2v) is 3.05. The summed E-state index contributed by atoms with van der Waals surface area (Å²) in [7, 11) is 1.38. The third-order valence-electron chi connectivity index (χ3n) is 1.95. The molecule has 5 nitrogen and oxygen atoms in total. The van der Waals surface area contributed by atoms with Crippen molar-refractivity contribution in [3.05, 3.63) is 23.8 Å². The summed E-state index contributed by atoms with van der Waals surface area (Å²) < 4.78 is 4.83. The molecule has 0 heterocycles. The molecule has 0 saturated heterocycles. The SMILES string of the molecule is COc1cc(CC(O)C(=O)[O-])ccc1O.[K+]. The molecule has 16 heavy (non-hydrogen) atoms. The Bertz CT molecular complexity index is 366. The van der Waals surface area contributed by atoms with Gasteiger partial charge in [0.2, 0.25) is 0 Å². The van der Waals surface area contributed by atoms with Crippen LogP contribution in [0, 0.1) is 0 Å². The molecule has 82 valence electrons. The van der Waals surface area contributed by atoms with Crippen LogP contribution < -0.4 is 61.2 Å². The van der Waals surface area contributed by atoms with Crippen LogP contribution in [-0.4, -0.2) is 29.4 Å². The summed E-state index contributed by atoms with van der Waals surface area (Å²) in [6.45, 7) is 0. The molecule has 6 heteroatoms. The van der Waals surface area contributed by atoms with Crippen molar-refractivity contribution < 1.29 is 76.2 Å². The summed E-state index contributed by atoms with van der Waals surface area (Å²) in [6.07, 6.45) is -1.64. The zero-order valence-electron chi connectivity index (χ0n) is 9.14. The van der Waals surface area contributed by atoms with Crippen LogP contribution in [0.5, 0.6) is 11.5 Å². The van der Waals surface area contributed by atoms with Gasteiger partial charge >= 0.3 is 51.4 Å². The van der Waals surface area contributed by atoms with Gasteiger partial charge < -0.3 is 24.9 Å². The van der Waals surface area contributed by atoms with Crippen LogP contribution in [0.15, 0.2) is 18.2 Å². The molecular formula is C10H11KO5.